The van der Waals surface area contributed by atoms with E-state index in [-0.39, 0.29) is 11.4 Å². The van der Waals surface area contributed by atoms with E-state index in [4.69, 9.17) is 0 Å². The van der Waals surface area contributed by atoms with Gasteiger partial charge in [0, 0.05) is 17.7 Å². The van der Waals surface area contributed by atoms with Crippen LogP contribution in [0.15, 0.2) is 54.6 Å². The molecule has 0 aliphatic carbocycles. The first-order chi connectivity index (χ1) is 11.2. The summed E-state index contributed by atoms with van der Waals surface area (Å²) < 4.78 is 1.61. The quantitative estimate of drug-likeness (QED) is 0.410. The number of nitrogens with zero attached hydrogens (tertiary/aromatic N) is 4. The highest BCUT2D eigenvalue weighted by Crippen LogP contribution is 2.22. The van der Waals surface area contributed by atoms with Gasteiger partial charge in [0.25, 0.3) is 5.69 Å². The third-order valence-electron chi connectivity index (χ3n) is 3.40. The van der Waals surface area contributed by atoms with Crippen molar-refractivity contribution in [2.75, 3.05) is 0 Å². The van der Waals surface area contributed by atoms with Crippen molar-refractivity contribution >= 4 is 12.0 Å². The van der Waals surface area contributed by atoms with Crippen molar-refractivity contribution in [1.82, 2.24) is 15.0 Å². The molecule has 0 fully saturated rings. The highest BCUT2D eigenvalue weighted by Gasteiger charge is 2.15. The molecule has 1 heterocycles. The minimum atomic E-state index is -0.445. The second-order valence-corrected chi connectivity index (χ2v) is 4.89. The minimum absolute atomic E-state index is 0.0317. The number of benzene rings is 2. The number of aromatic nitrogens is 3. The van der Waals surface area contributed by atoms with Gasteiger partial charge in [-0.1, -0.05) is 47.7 Å². The van der Waals surface area contributed by atoms with Crippen molar-refractivity contribution in [2.45, 2.75) is 6.54 Å². The number of nitro groups is 1. The van der Waals surface area contributed by atoms with Gasteiger partial charge in [-0.3, -0.25) is 14.9 Å². The Morgan fingerprint density at radius 2 is 1.78 bits per heavy atom. The molecular weight excluding hydrogens is 296 g/mol. The summed E-state index contributed by atoms with van der Waals surface area (Å²) in [6, 6.07) is 15.6. The standard InChI is InChI=1S/C16H12N4O3/c21-11-15-16(13-4-2-1-3-5-13)19(18-17-15)10-12-6-8-14(9-7-12)20(22)23/h1-9,11H,10H2. The molecule has 7 heteroatoms. The molecular formula is C16H12N4O3. The molecule has 0 unspecified atom stereocenters. The van der Waals surface area contributed by atoms with Crippen molar-refractivity contribution in [3.05, 3.63) is 76.0 Å². The van der Waals surface area contributed by atoms with Crippen LogP contribution in [0.4, 0.5) is 5.69 Å². The molecule has 0 atom stereocenters. The molecule has 0 aliphatic rings. The van der Waals surface area contributed by atoms with Gasteiger partial charge in [-0.2, -0.15) is 0 Å². The lowest BCUT2D eigenvalue weighted by Gasteiger charge is -2.07. The summed E-state index contributed by atoms with van der Waals surface area (Å²) >= 11 is 0. The molecule has 0 amide bonds. The molecule has 0 aliphatic heterocycles. The summed E-state index contributed by atoms with van der Waals surface area (Å²) in [5.41, 5.74) is 2.58. The summed E-state index contributed by atoms with van der Waals surface area (Å²) in [7, 11) is 0. The van der Waals surface area contributed by atoms with Crippen LogP contribution in [0.3, 0.4) is 0 Å². The number of hydrogen-bond acceptors (Lipinski definition) is 5. The zero-order valence-electron chi connectivity index (χ0n) is 12.0. The van der Waals surface area contributed by atoms with E-state index in [9.17, 15) is 14.9 Å². The Morgan fingerprint density at radius 3 is 2.39 bits per heavy atom. The zero-order chi connectivity index (χ0) is 16.2. The number of non-ortho nitro benzene ring substituents is 1. The SMILES string of the molecule is O=Cc1nnn(Cc2ccc([N+](=O)[O-])cc2)c1-c1ccccc1. The van der Waals surface area contributed by atoms with E-state index in [1.54, 1.807) is 16.8 Å². The van der Waals surface area contributed by atoms with E-state index >= 15 is 0 Å². The minimum Gasteiger partial charge on any atom is -0.296 e. The van der Waals surface area contributed by atoms with E-state index < -0.39 is 4.92 Å². The molecule has 7 nitrogen and oxygen atoms in total. The maximum absolute atomic E-state index is 11.2. The van der Waals surface area contributed by atoms with Gasteiger partial charge in [0.2, 0.25) is 0 Å². The zero-order valence-corrected chi connectivity index (χ0v) is 12.0. The topological polar surface area (TPSA) is 90.9 Å². The van der Waals surface area contributed by atoms with Crippen LogP contribution in [-0.2, 0) is 6.54 Å². The van der Waals surface area contributed by atoms with Crippen molar-refractivity contribution in [2.24, 2.45) is 0 Å². The normalized spacial score (nSPS) is 10.4. The molecule has 0 saturated heterocycles. The highest BCUT2D eigenvalue weighted by atomic mass is 16.6. The fourth-order valence-electron chi connectivity index (χ4n) is 2.31. The highest BCUT2D eigenvalue weighted by molar-refractivity contribution is 5.83. The summed E-state index contributed by atoms with van der Waals surface area (Å²) in [6.45, 7) is 0.364. The lowest BCUT2D eigenvalue weighted by atomic mass is 10.1. The second kappa shape index (κ2) is 6.18. The lowest BCUT2D eigenvalue weighted by molar-refractivity contribution is -0.384. The molecule has 2 aromatic carbocycles. The molecule has 3 aromatic rings. The van der Waals surface area contributed by atoms with Gasteiger partial charge in [0.15, 0.2) is 12.0 Å². The van der Waals surface area contributed by atoms with Crippen LogP contribution in [-0.4, -0.2) is 26.2 Å². The van der Waals surface area contributed by atoms with Crippen LogP contribution in [0.2, 0.25) is 0 Å². The molecule has 0 spiro atoms. The average Bonchev–Trinajstić information content (AvgIpc) is 2.99. The van der Waals surface area contributed by atoms with Gasteiger partial charge in [-0.15, -0.1) is 5.10 Å². The maximum atomic E-state index is 11.2. The monoisotopic (exact) mass is 308 g/mol. The molecule has 0 saturated carbocycles. The Kier molecular flexibility index (Phi) is 3.92. The van der Waals surface area contributed by atoms with E-state index in [1.807, 2.05) is 30.3 Å². The van der Waals surface area contributed by atoms with E-state index in [2.05, 4.69) is 10.3 Å². The van der Waals surface area contributed by atoms with Crippen LogP contribution in [0.1, 0.15) is 16.1 Å². The summed E-state index contributed by atoms with van der Waals surface area (Å²) in [4.78, 5) is 21.4. The smallest absolute Gasteiger partial charge is 0.269 e. The Bertz CT molecular complexity index is 842. The van der Waals surface area contributed by atoms with Gasteiger partial charge in [0.05, 0.1) is 17.2 Å². The summed E-state index contributed by atoms with van der Waals surface area (Å²) in [5.74, 6) is 0. The first-order valence-corrected chi connectivity index (χ1v) is 6.86. The third kappa shape index (κ3) is 2.98. The molecule has 114 valence electrons. The fourth-order valence-corrected chi connectivity index (χ4v) is 2.31. The van der Waals surface area contributed by atoms with Crippen LogP contribution in [0.5, 0.6) is 0 Å². The van der Waals surface area contributed by atoms with Gasteiger partial charge in [-0.25, -0.2) is 4.68 Å². The molecule has 1 aromatic heterocycles. The van der Waals surface area contributed by atoms with Crippen molar-refractivity contribution in [3.63, 3.8) is 0 Å². The Balaban J connectivity index is 1.96. The van der Waals surface area contributed by atoms with Gasteiger partial charge >= 0.3 is 0 Å². The Hall–Kier alpha value is -3.35. The molecule has 3 rings (SSSR count). The molecule has 0 radical (unpaired) electrons. The number of carbonyl (C=O) groups is 1. The van der Waals surface area contributed by atoms with Crippen LogP contribution >= 0.6 is 0 Å². The maximum Gasteiger partial charge on any atom is 0.269 e. The van der Waals surface area contributed by atoms with Gasteiger partial charge in [0.1, 0.15) is 0 Å². The molecule has 0 bridgehead atoms. The number of aldehydes is 1. The average molecular weight is 308 g/mol. The van der Waals surface area contributed by atoms with Gasteiger partial charge < -0.3 is 0 Å². The van der Waals surface area contributed by atoms with Crippen molar-refractivity contribution < 1.29 is 9.72 Å². The van der Waals surface area contributed by atoms with E-state index in [1.165, 1.54) is 12.1 Å². The number of hydrogen-bond donors (Lipinski definition) is 0. The molecule has 23 heavy (non-hydrogen) atoms. The number of nitro benzene ring substituents is 1. The summed E-state index contributed by atoms with van der Waals surface area (Å²) in [5, 5.41) is 18.6. The first kappa shape index (κ1) is 14.6. The van der Waals surface area contributed by atoms with Crippen LogP contribution in [0.25, 0.3) is 11.3 Å². The van der Waals surface area contributed by atoms with E-state index in [0.717, 1.165) is 11.1 Å². The Morgan fingerprint density at radius 1 is 1.09 bits per heavy atom. The third-order valence-corrected chi connectivity index (χ3v) is 3.40. The Labute approximate surface area is 131 Å². The number of rotatable bonds is 5. The predicted molar refractivity (Wildman–Crippen MR) is 83.0 cm³/mol. The predicted octanol–water partition coefficient (Wildman–Crippen LogP) is 2.71. The van der Waals surface area contributed by atoms with E-state index in [0.29, 0.717) is 18.5 Å². The molecule has 0 N–H and O–H groups in total. The first-order valence-electron chi connectivity index (χ1n) is 6.86. The van der Waals surface area contributed by atoms with Crippen molar-refractivity contribution in [3.8, 4) is 11.3 Å². The van der Waals surface area contributed by atoms with Crippen LogP contribution in [0, 0.1) is 10.1 Å². The second-order valence-electron chi connectivity index (χ2n) is 4.89. The largest absolute Gasteiger partial charge is 0.296 e. The van der Waals surface area contributed by atoms with Gasteiger partial charge in [-0.05, 0) is 5.56 Å². The fraction of sp³-hybridized carbons (Fsp3) is 0.0625. The van der Waals surface area contributed by atoms with Crippen molar-refractivity contribution in [1.29, 1.82) is 0 Å². The summed E-state index contributed by atoms with van der Waals surface area (Å²) in [6.07, 6.45) is 0.668. The lowest BCUT2D eigenvalue weighted by Crippen LogP contribution is -2.04. The van der Waals surface area contributed by atoms with Crippen LogP contribution < -0.4 is 0 Å². The number of carbonyl (C=O) groups excluding carboxylic acids is 1.